The van der Waals surface area contributed by atoms with Crippen LogP contribution in [0.1, 0.15) is 28.1 Å². The van der Waals surface area contributed by atoms with Gasteiger partial charge in [0.2, 0.25) is 0 Å². The van der Waals surface area contributed by atoms with E-state index in [2.05, 4.69) is 75.0 Å². The molecule has 20 heavy (non-hydrogen) atoms. The van der Waals surface area contributed by atoms with Crippen molar-refractivity contribution in [1.82, 2.24) is 4.98 Å². The van der Waals surface area contributed by atoms with Crippen molar-refractivity contribution in [2.75, 3.05) is 10.7 Å². The Morgan fingerprint density at radius 2 is 1.85 bits per heavy atom. The van der Waals surface area contributed by atoms with Gasteiger partial charge in [-0.2, -0.15) is 0 Å². The molecule has 4 heteroatoms. The number of nitrogens with zero attached hydrogens (tertiary/aromatic N) is 1. The Kier molecular flexibility index (Phi) is 5.82. The summed E-state index contributed by atoms with van der Waals surface area (Å²) in [5.74, 6) is 0. The van der Waals surface area contributed by atoms with Crippen molar-refractivity contribution in [3.8, 4) is 0 Å². The molecule has 0 saturated carbocycles. The zero-order chi connectivity index (χ0) is 14.6. The number of hydrogen-bond acceptors (Lipinski definition) is 2. The van der Waals surface area contributed by atoms with Crippen LogP contribution in [0.3, 0.4) is 0 Å². The summed E-state index contributed by atoms with van der Waals surface area (Å²) in [6, 6.07) is 8.71. The zero-order valence-corrected chi connectivity index (χ0v) is 15.8. The molecule has 0 radical (unpaired) electrons. The fourth-order valence-electron chi connectivity index (χ4n) is 2.53. The largest absolute Gasteiger partial charge is 0.250 e. The maximum absolute atomic E-state index is 4.35. The van der Waals surface area contributed by atoms with E-state index in [4.69, 9.17) is 0 Å². The van der Waals surface area contributed by atoms with Crippen LogP contribution in [0.5, 0.6) is 0 Å². The molecule has 0 N–H and O–H groups in total. The number of hydrogen-bond donors (Lipinski definition) is 0. The molecule has 0 bridgehead atoms. The Bertz CT molecular complexity index is 561. The molecule has 0 spiro atoms. The highest BCUT2D eigenvalue weighted by Gasteiger charge is 2.31. The second-order valence-electron chi connectivity index (χ2n) is 5.22. The standard InChI is InChI=1S/C16H19Br2NS/c1-12-5-3-4-6-14(12)16(9-17,10-18)8-7-15-13(2)19-11-20-15/h3-6,11H,7-10H2,1-2H3. The third-order valence-corrected chi connectivity index (χ3v) is 7.05. The van der Waals surface area contributed by atoms with Gasteiger partial charge in [-0.25, -0.2) is 4.98 Å². The first-order valence-corrected chi connectivity index (χ1v) is 9.82. The molecule has 0 amide bonds. The minimum absolute atomic E-state index is 0.141. The highest BCUT2D eigenvalue weighted by atomic mass is 79.9. The summed E-state index contributed by atoms with van der Waals surface area (Å²) in [6.45, 7) is 4.30. The summed E-state index contributed by atoms with van der Waals surface area (Å²) in [5, 5.41) is 1.93. The predicted molar refractivity (Wildman–Crippen MR) is 95.6 cm³/mol. The van der Waals surface area contributed by atoms with Gasteiger partial charge >= 0.3 is 0 Å². The number of rotatable bonds is 6. The zero-order valence-electron chi connectivity index (χ0n) is 11.8. The van der Waals surface area contributed by atoms with E-state index in [9.17, 15) is 0 Å². The van der Waals surface area contributed by atoms with Crippen molar-refractivity contribution in [1.29, 1.82) is 0 Å². The van der Waals surface area contributed by atoms with E-state index in [1.807, 2.05) is 5.51 Å². The monoisotopic (exact) mass is 415 g/mol. The van der Waals surface area contributed by atoms with Gasteiger partial charge in [-0.15, -0.1) is 11.3 Å². The molecule has 1 nitrogen and oxygen atoms in total. The second-order valence-corrected chi connectivity index (χ2v) is 7.28. The number of halogens is 2. The molecular weight excluding hydrogens is 398 g/mol. The number of thiazole rings is 1. The van der Waals surface area contributed by atoms with Crippen LogP contribution in [0.15, 0.2) is 29.8 Å². The van der Waals surface area contributed by atoms with Crippen LogP contribution in [0.25, 0.3) is 0 Å². The van der Waals surface area contributed by atoms with Gasteiger partial charge in [0.25, 0.3) is 0 Å². The SMILES string of the molecule is Cc1ccccc1C(CBr)(CBr)CCc1scnc1C. The van der Waals surface area contributed by atoms with Gasteiger partial charge in [-0.05, 0) is 37.8 Å². The fraction of sp³-hybridized carbons (Fsp3) is 0.438. The van der Waals surface area contributed by atoms with Crippen LogP contribution >= 0.6 is 43.2 Å². The van der Waals surface area contributed by atoms with E-state index in [1.165, 1.54) is 21.7 Å². The van der Waals surface area contributed by atoms with E-state index in [0.29, 0.717) is 0 Å². The maximum Gasteiger partial charge on any atom is 0.0797 e. The smallest absolute Gasteiger partial charge is 0.0797 e. The number of benzene rings is 1. The molecule has 0 aliphatic rings. The molecule has 0 aliphatic heterocycles. The molecule has 0 atom stereocenters. The van der Waals surface area contributed by atoms with Crippen LogP contribution in [0.4, 0.5) is 0 Å². The van der Waals surface area contributed by atoms with Gasteiger partial charge in [-0.3, -0.25) is 0 Å². The van der Waals surface area contributed by atoms with Gasteiger partial charge in [0.15, 0.2) is 0 Å². The van der Waals surface area contributed by atoms with Crippen LogP contribution < -0.4 is 0 Å². The van der Waals surface area contributed by atoms with Gasteiger partial charge in [-0.1, -0.05) is 56.1 Å². The van der Waals surface area contributed by atoms with E-state index < -0.39 is 0 Å². The summed E-state index contributed by atoms with van der Waals surface area (Å²) >= 11 is 9.26. The van der Waals surface area contributed by atoms with E-state index in [-0.39, 0.29) is 5.41 Å². The summed E-state index contributed by atoms with van der Waals surface area (Å²) in [5.41, 5.74) is 6.07. The van der Waals surface area contributed by atoms with Crippen molar-refractivity contribution < 1.29 is 0 Å². The van der Waals surface area contributed by atoms with Crippen LogP contribution in [0.2, 0.25) is 0 Å². The fourth-order valence-corrected chi connectivity index (χ4v) is 5.41. The lowest BCUT2D eigenvalue weighted by molar-refractivity contribution is 0.503. The van der Waals surface area contributed by atoms with Crippen LogP contribution in [0, 0.1) is 13.8 Å². The van der Waals surface area contributed by atoms with Gasteiger partial charge in [0.05, 0.1) is 11.2 Å². The Hall–Kier alpha value is -0.190. The lowest BCUT2D eigenvalue weighted by Crippen LogP contribution is -2.31. The molecule has 0 aliphatic carbocycles. The molecule has 1 aromatic heterocycles. The predicted octanol–water partition coefficient (Wildman–Crippen LogP) is 5.42. The average Bonchev–Trinajstić information content (AvgIpc) is 2.87. The highest BCUT2D eigenvalue weighted by Crippen LogP contribution is 2.36. The quantitative estimate of drug-likeness (QED) is 0.572. The molecule has 108 valence electrons. The Labute approximate surface area is 142 Å². The molecular formula is C16H19Br2NS. The van der Waals surface area contributed by atoms with Crippen molar-refractivity contribution in [2.24, 2.45) is 0 Å². The van der Waals surface area contributed by atoms with Crippen LogP contribution in [-0.4, -0.2) is 15.6 Å². The first kappa shape index (κ1) is 16.2. The molecule has 1 heterocycles. The normalized spacial score (nSPS) is 11.8. The first-order chi connectivity index (χ1) is 9.63. The highest BCUT2D eigenvalue weighted by molar-refractivity contribution is 9.09. The molecule has 2 aromatic rings. The minimum Gasteiger partial charge on any atom is -0.250 e. The lowest BCUT2D eigenvalue weighted by Gasteiger charge is -2.32. The van der Waals surface area contributed by atoms with E-state index in [1.54, 1.807) is 11.3 Å². The molecule has 2 rings (SSSR count). The summed E-state index contributed by atoms with van der Waals surface area (Å²) in [6.07, 6.45) is 2.21. The van der Waals surface area contributed by atoms with Crippen molar-refractivity contribution in [3.05, 3.63) is 51.5 Å². The molecule has 1 aromatic carbocycles. The topological polar surface area (TPSA) is 12.9 Å². The Morgan fingerprint density at radius 3 is 2.40 bits per heavy atom. The first-order valence-electron chi connectivity index (χ1n) is 6.70. The molecule has 0 unspecified atom stereocenters. The molecule has 0 saturated heterocycles. The Balaban J connectivity index is 2.26. The van der Waals surface area contributed by atoms with E-state index in [0.717, 1.165) is 23.5 Å². The van der Waals surface area contributed by atoms with Crippen molar-refractivity contribution in [3.63, 3.8) is 0 Å². The summed E-state index contributed by atoms with van der Waals surface area (Å²) in [7, 11) is 0. The van der Waals surface area contributed by atoms with Crippen molar-refractivity contribution in [2.45, 2.75) is 32.1 Å². The number of aryl methyl sites for hydroxylation is 3. The summed E-state index contributed by atoms with van der Waals surface area (Å²) < 4.78 is 0. The third kappa shape index (κ3) is 3.34. The molecule has 0 fully saturated rings. The third-order valence-electron chi connectivity index (χ3n) is 3.90. The number of aromatic nitrogens is 1. The minimum atomic E-state index is 0.141. The van der Waals surface area contributed by atoms with E-state index >= 15 is 0 Å². The van der Waals surface area contributed by atoms with Crippen LogP contribution in [-0.2, 0) is 11.8 Å². The van der Waals surface area contributed by atoms with Gasteiger partial charge in [0.1, 0.15) is 0 Å². The van der Waals surface area contributed by atoms with Gasteiger partial charge < -0.3 is 0 Å². The number of alkyl halides is 2. The second kappa shape index (κ2) is 7.19. The van der Waals surface area contributed by atoms with Gasteiger partial charge in [0, 0.05) is 21.0 Å². The van der Waals surface area contributed by atoms with Crippen molar-refractivity contribution >= 4 is 43.2 Å². The lowest BCUT2D eigenvalue weighted by atomic mass is 9.78. The Morgan fingerprint density at radius 1 is 1.15 bits per heavy atom. The average molecular weight is 417 g/mol. The summed E-state index contributed by atoms with van der Waals surface area (Å²) in [4.78, 5) is 5.76. The maximum atomic E-state index is 4.35.